The maximum absolute atomic E-state index is 11.2. The van der Waals surface area contributed by atoms with E-state index in [0.717, 1.165) is 0 Å². The highest BCUT2D eigenvalue weighted by molar-refractivity contribution is 5.78. The summed E-state index contributed by atoms with van der Waals surface area (Å²) < 4.78 is 0. The van der Waals surface area contributed by atoms with Crippen molar-refractivity contribution in [1.29, 1.82) is 0 Å². The number of carbonyl (C=O) groups is 1. The molecule has 0 radical (unpaired) electrons. The molecule has 2 atom stereocenters. The second-order valence-electron chi connectivity index (χ2n) is 3.07. The van der Waals surface area contributed by atoms with Crippen molar-refractivity contribution < 1.29 is 9.90 Å². The summed E-state index contributed by atoms with van der Waals surface area (Å²) in [6, 6.07) is 0. The van der Waals surface area contributed by atoms with Crippen LogP contribution in [0.3, 0.4) is 0 Å². The van der Waals surface area contributed by atoms with Crippen LogP contribution in [0.5, 0.6) is 0 Å². The first kappa shape index (κ1) is 11.4. The minimum atomic E-state index is -0.487. The van der Waals surface area contributed by atoms with E-state index in [9.17, 15) is 4.79 Å². The highest BCUT2D eigenvalue weighted by atomic mass is 16.3. The van der Waals surface area contributed by atoms with Crippen LogP contribution < -0.4 is 11.1 Å². The van der Waals surface area contributed by atoms with Crippen molar-refractivity contribution in [2.24, 2.45) is 11.7 Å². The molecular formula is C8H18N2O2. The van der Waals surface area contributed by atoms with Gasteiger partial charge in [-0.05, 0) is 19.9 Å². The molecule has 0 aliphatic rings. The van der Waals surface area contributed by atoms with Gasteiger partial charge >= 0.3 is 0 Å². The zero-order valence-corrected chi connectivity index (χ0v) is 7.71. The van der Waals surface area contributed by atoms with Crippen molar-refractivity contribution in [3.63, 3.8) is 0 Å². The lowest BCUT2D eigenvalue weighted by Gasteiger charge is -2.11. The first-order chi connectivity index (χ1) is 5.57. The predicted molar refractivity (Wildman–Crippen MR) is 47.5 cm³/mol. The lowest BCUT2D eigenvalue weighted by Crippen LogP contribution is -2.35. The fraction of sp³-hybridized carbons (Fsp3) is 0.875. The molecule has 0 saturated heterocycles. The fourth-order valence-corrected chi connectivity index (χ4v) is 0.804. The van der Waals surface area contributed by atoms with Gasteiger partial charge in [0.1, 0.15) is 0 Å². The third-order valence-corrected chi connectivity index (χ3v) is 1.62. The molecular weight excluding hydrogens is 156 g/mol. The molecule has 0 aliphatic carbocycles. The fourth-order valence-electron chi connectivity index (χ4n) is 0.804. The van der Waals surface area contributed by atoms with Gasteiger partial charge in [-0.25, -0.2) is 0 Å². The van der Waals surface area contributed by atoms with Gasteiger partial charge in [0.25, 0.3) is 0 Å². The number of rotatable bonds is 5. The Balaban J connectivity index is 3.57. The standard InChI is InChI=1S/C8H18N2O2/c1-6(3-4-9)8(12)10-5-7(2)11/h6-7,11H,3-5,9H2,1-2H3,(H,10,12)/t6?,7-/m0/s1. The van der Waals surface area contributed by atoms with E-state index in [4.69, 9.17) is 10.8 Å². The summed E-state index contributed by atoms with van der Waals surface area (Å²) in [5.74, 6) is -0.102. The van der Waals surface area contributed by atoms with Crippen LogP contribution in [0.1, 0.15) is 20.3 Å². The topological polar surface area (TPSA) is 75.4 Å². The lowest BCUT2D eigenvalue weighted by atomic mass is 10.1. The van der Waals surface area contributed by atoms with Crippen molar-refractivity contribution in [2.75, 3.05) is 13.1 Å². The van der Waals surface area contributed by atoms with E-state index in [-0.39, 0.29) is 11.8 Å². The Labute approximate surface area is 73.1 Å². The molecule has 4 N–H and O–H groups in total. The molecule has 0 rings (SSSR count). The molecule has 0 aromatic rings. The molecule has 72 valence electrons. The Bertz CT molecular complexity index is 137. The van der Waals surface area contributed by atoms with Crippen molar-refractivity contribution in [3.8, 4) is 0 Å². The molecule has 0 heterocycles. The van der Waals surface area contributed by atoms with E-state index < -0.39 is 6.10 Å². The first-order valence-electron chi connectivity index (χ1n) is 4.23. The van der Waals surface area contributed by atoms with Crippen LogP contribution in [0.15, 0.2) is 0 Å². The molecule has 4 nitrogen and oxygen atoms in total. The monoisotopic (exact) mass is 174 g/mol. The van der Waals surface area contributed by atoms with Gasteiger partial charge < -0.3 is 16.2 Å². The number of hydrogen-bond acceptors (Lipinski definition) is 3. The molecule has 0 saturated carbocycles. The largest absolute Gasteiger partial charge is 0.392 e. The Morgan fingerprint density at radius 3 is 2.58 bits per heavy atom. The predicted octanol–water partition coefficient (Wildman–Crippen LogP) is -0.532. The second-order valence-corrected chi connectivity index (χ2v) is 3.07. The quantitative estimate of drug-likeness (QED) is 0.524. The molecule has 1 unspecified atom stereocenters. The summed E-state index contributed by atoms with van der Waals surface area (Å²) in [4.78, 5) is 11.2. The summed E-state index contributed by atoms with van der Waals surface area (Å²) in [5.41, 5.74) is 5.29. The normalized spacial score (nSPS) is 15.3. The van der Waals surface area contributed by atoms with E-state index >= 15 is 0 Å². The Morgan fingerprint density at radius 2 is 2.17 bits per heavy atom. The SMILES string of the molecule is CC(CCN)C(=O)NC[C@H](C)O. The maximum atomic E-state index is 11.2. The molecule has 1 amide bonds. The summed E-state index contributed by atoms with van der Waals surface area (Å²) in [6.07, 6.45) is 0.199. The number of aliphatic hydroxyl groups is 1. The van der Waals surface area contributed by atoms with Gasteiger partial charge in [-0.15, -0.1) is 0 Å². The van der Waals surface area contributed by atoms with Gasteiger partial charge in [0.05, 0.1) is 6.10 Å². The van der Waals surface area contributed by atoms with Crippen LogP contribution in [-0.2, 0) is 4.79 Å². The third-order valence-electron chi connectivity index (χ3n) is 1.62. The van der Waals surface area contributed by atoms with E-state index in [1.165, 1.54) is 0 Å². The zero-order chi connectivity index (χ0) is 9.56. The third kappa shape index (κ3) is 5.09. The van der Waals surface area contributed by atoms with Crippen LogP contribution in [0.4, 0.5) is 0 Å². The van der Waals surface area contributed by atoms with E-state index in [1.807, 2.05) is 6.92 Å². The molecule has 0 aromatic carbocycles. The Kier molecular flexibility index (Phi) is 5.66. The van der Waals surface area contributed by atoms with Crippen molar-refractivity contribution in [3.05, 3.63) is 0 Å². The maximum Gasteiger partial charge on any atom is 0.222 e. The number of carbonyl (C=O) groups excluding carboxylic acids is 1. The van der Waals surface area contributed by atoms with Gasteiger partial charge in [0.2, 0.25) is 5.91 Å². The molecule has 0 aromatic heterocycles. The van der Waals surface area contributed by atoms with E-state index in [0.29, 0.717) is 19.5 Å². The number of nitrogens with one attached hydrogen (secondary N) is 1. The van der Waals surface area contributed by atoms with Gasteiger partial charge in [-0.1, -0.05) is 6.92 Å². The summed E-state index contributed by atoms with van der Waals surface area (Å²) in [7, 11) is 0. The first-order valence-corrected chi connectivity index (χ1v) is 4.23. The molecule has 0 fully saturated rings. The average Bonchev–Trinajstić information content (AvgIpc) is 2.00. The molecule has 0 bridgehead atoms. The lowest BCUT2D eigenvalue weighted by molar-refractivity contribution is -0.125. The van der Waals surface area contributed by atoms with Gasteiger partial charge in [0, 0.05) is 12.5 Å². The number of aliphatic hydroxyl groups excluding tert-OH is 1. The minimum absolute atomic E-state index is 0.0404. The molecule has 0 spiro atoms. The summed E-state index contributed by atoms with van der Waals surface area (Å²) in [6.45, 7) is 4.29. The highest BCUT2D eigenvalue weighted by Crippen LogP contribution is 1.98. The number of hydrogen-bond donors (Lipinski definition) is 3. The van der Waals surface area contributed by atoms with E-state index in [2.05, 4.69) is 5.32 Å². The smallest absolute Gasteiger partial charge is 0.222 e. The van der Waals surface area contributed by atoms with Crippen LogP contribution in [0.2, 0.25) is 0 Å². The average molecular weight is 174 g/mol. The number of nitrogens with two attached hydrogens (primary N) is 1. The number of amides is 1. The van der Waals surface area contributed by atoms with Crippen molar-refractivity contribution in [1.82, 2.24) is 5.32 Å². The van der Waals surface area contributed by atoms with Crippen LogP contribution in [0, 0.1) is 5.92 Å². The van der Waals surface area contributed by atoms with Crippen molar-refractivity contribution in [2.45, 2.75) is 26.4 Å². The Morgan fingerprint density at radius 1 is 1.58 bits per heavy atom. The molecule has 0 aliphatic heterocycles. The van der Waals surface area contributed by atoms with Gasteiger partial charge in [-0.3, -0.25) is 4.79 Å². The van der Waals surface area contributed by atoms with Crippen molar-refractivity contribution >= 4 is 5.91 Å². The van der Waals surface area contributed by atoms with Gasteiger partial charge in [0.15, 0.2) is 0 Å². The minimum Gasteiger partial charge on any atom is -0.392 e. The van der Waals surface area contributed by atoms with Crippen LogP contribution >= 0.6 is 0 Å². The Hall–Kier alpha value is -0.610. The highest BCUT2D eigenvalue weighted by Gasteiger charge is 2.11. The summed E-state index contributed by atoms with van der Waals surface area (Å²) in [5, 5.41) is 11.5. The second kappa shape index (κ2) is 5.97. The van der Waals surface area contributed by atoms with E-state index in [1.54, 1.807) is 6.92 Å². The zero-order valence-electron chi connectivity index (χ0n) is 7.71. The summed E-state index contributed by atoms with van der Waals surface area (Å²) >= 11 is 0. The van der Waals surface area contributed by atoms with Crippen LogP contribution in [0.25, 0.3) is 0 Å². The molecule has 4 heteroatoms. The molecule has 12 heavy (non-hydrogen) atoms. The van der Waals surface area contributed by atoms with Crippen LogP contribution in [-0.4, -0.2) is 30.2 Å². The van der Waals surface area contributed by atoms with Gasteiger partial charge in [-0.2, -0.15) is 0 Å².